The Morgan fingerprint density at radius 3 is 2.54 bits per heavy atom. The van der Waals surface area contributed by atoms with Crippen molar-refractivity contribution >= 4 is 6.03 Å². The molecule has 0 unspecified atom stereocenters. The summed E-state index contributed by atoms with van der Waals surface area (Å²) in [5.41, 5.74) is -0.705. The van der Waals surface area contributed by atoms with E-state index in [0.29, 0.717) is 0 Å². The summed E-state index contributed by atoms with van der Waals surface area (Å²) in [5.74, 6) is 0. The van der Waals surface area contributed by atoms with Crippen molar-refractivity contribution in [1.82, 2.24) is 15.1 Å². The summed E-state index contributed by atoms with van der Waals surface area (Å²) >= 11 is 0. The Morgan fingerprint density at radius 1 is 1.54 bits per heavy atom. The number of carbonyl (C=O) groups is 1. The van der Waals surface area contributed by atoms with E-state index in [-0.39, 0.29) is 11.1 Å². The molecule has 1 aromatic rings. The van der Waals surface area contributed by atoms with Gasteiger partial charge in [0.25, 0.3) is 5.56 Å². The summed E-state index contributed by atoms with van der Waals surface area (Å²) < 4.78 is 0.922. The smallest absolute Gasteiger partial charge is 0.332 e. The first-order valence-electron chi connectivity index (χ1n) is 3.99. The van der Waals surface area contributed by atoms with Crippen LogP contribution in [0.4, 0.5) is 4.79 Å². The molecule has 0 atom stereocenters. The van der Waals surface area contributed by atoms with Gasteiger partial charge in [0, 0.05) is 17.8 Å². The fraction of sp³-hybridized carbons (Fsp3) is 0.500. The lowest BCUT2D eigenvalue weighted by molar-refractivity contribution is 0.230. The van der Waals surface area contributed by atoms with Crippen molar-refractivity contribution in [2.75, 3.05) is 0 Å². The minimum atomic E-state index is -0.442. The van der Waals surface area contributed by atoms with Gasteiger partial charge in [0.05, 0.1) is 0 Å². The summed E-state index contributed by atoms with van der Waals surface area (Å²) in [6.07, 6.45) is 1.42. The summed E-state index contributed by atoms with van der Waals surface area (Å²) in [6, 6.07) is 0.852. The fourth-order valence-corrected chi connectivity index (χ4v) is 0.857. The van der Waals surface area contributed by atoms with Gasteiger partial charge in [-0.25, -0.2) is 4.79 Å². The monoisotopic (exact) mass is 183 g/mol. The molecular weight excluding hydrogens is 170 g/mol. The van der Waals surface area contributed by atoms with Crippen LogP contribution in [0.25, 0.3) is 0 Å². The average molecular weight is 183 g/mol. The molecule has 0 aliphatic carbocycles. The molecule has 0 saturated heterocycles. The van der Waals surface area contributed by atoms with E-state index in [4.69, 9.17) is 0 Å². The number of amides is 1. The number of nitrogens with zero attached hydrogens (tertiary/aromatic N) is 1. The number of nitrogens with one attached hydrogen (secondary N) is 2. The van der Waals surface area contributed by atoms with Crippen molar-refractivity contribution in [2.24, 2.45) is 0 Å². The predicted octanol–water partition coefficient (Wildman–Crippen LogP) is 0.533. The molecule has 1 amide bonds. The Hall–Kier alpha value is -1.52. The van der Waals surface area contributed by atoms with Gasteiger partial charge in [-0.05, 0) is 20.8 Å². The molecule has 1 aromatic heterocycles. The highest BCUT2D eigenvalue weighted by Crippen LogP contribution is 1.97. The highest BCUT2D eigenvalue weighted by molar-refractivity contribution is 5.76. The maximum atomic E-state index is 11.4. The molecule has 13 heavy (non-hydrogen) atoms. The molecule has 0 aliphatic rings. The third kappa shape index (κ3) is 2.47. The van der Waals surface area contributed by atoms with Gasteiger partial charge >= 0.3 is 6.03 Å². The van der Waals surface area contributed by atoms with Gasteiger partial charge in [0.2, 0.25) is 0 Å². The summed E-state index contributed by atoms with van der Waals surface area (Å²) in [4.78, 5) is 22.4. The Kier molecular flexibility index (Phi) is 2.27. The molecule has 0 aromatic carbocycles. The van der Waals surface area contributed by atoms with Gasteiger partial charge in [0.15, 0.2) is 0 Å². The number of carbonyl (C=O) groups excluding carboxylic acids is 1. The van der Waals surface area contributed by atoms with Crippen LogP contribution in [0.2, 0.25) is 0 Å². The molecule has 1 rings (SSSR count). The average Bonchev–Trinajstić information content (AvgIpc) is 2.30. The third-order valence-electron chi connectivity index (χ3n) is 1.33. The number of H-pyrrole nitrogens is 1. The van der Waals surface area contributed by atoms with Crippen LogP contribution in [-0.2, 0) is 0 Å². The molecule has 0 aliphatic heterocycles. The number of aromatic nitrogens is 2. The number of hydrogen-bond donors (Lipinski definition) is 2. The number of aromatic amines is 1. The van der Waals surface area contributed by atoms with Crippen LogP contribution >= 0.6 is 0 Å². The molecule has 1 heterocycles. The molecule has 0 fully saturated rings. The molecule has 0 bridgehead atoms. The zero-order chi connectivity index (χ0) is 10.1. The van der Waals surface area contributed by atoms with Gasteiger partial charge in [0.1, 0.15) is 0 Å². The van der Waals surface area contributed by atoms with Crippen LogP contribution in [0, 0.1) is 0 Å². The Morgan fingerprint density at radius 2 is 2.15 bits per heavy atom. The Labute approximate surface area is 75.7 Å². The highest BCUT2D eigenvalue weighted by Gasteiger charge is 2.15. The normalized spacial score (nSPS) is 11.3. The van der Waals surface area contributed by atoms with Crippen molar-refractivity contribution in [2.45, 2.75) is 26.3 Å². The van der Waals surface area contributed by atoms with Gasteiger partial charge in [-0.1, -0.05) is 0 Å². The van der Waals surface area contributed by atoms with Crippen molar-refractivity contribution in [3.63, 3.8) is 0 Å². The minimum Gasteiger partial charge on any atom is -0.332 e. The lowest BCUT2D eigenvalue weighted by Crippen LogP contribution is -2.45. The van der Waals surface area contributed by atoms with Crippen molar-refractivity contribution < 1.29 is 4.79 Å². The summed E-state index contributed by atoms with van der Waals surface area (Å²) in [6.45, 7) is 5.54. The van der Waals surface area contributed by atoms with E-state index in [0.717, 1.165) is 4.68 Å². The zero-order valence-corrected chi connectivity index (χ0v) is 7.92. The van der Waals surface area contributed by atoms with Gasteiger partial charge in [-0.2, -0.15) is 4.68 Å². The second-order valence-corrected chi connectivity index (χ2v) is 3.82. The van der Waals surface area contributed by atoms with E-state index >= 15 is 0 Å². The van der Waals surface area contributed by atoms with Crippen molar-refractivity contribution in [3.8, 4) is 0 Å². The SMILES string of the molecule is CC(C)(C)NC(=O)n1[nH]ccc1=O. The number of hydrogen-bond acceptors (Lipinski definition) is 2. The van der Waals surface area contributed by atoms with E-state index in [2.05, 4.69) is 10.4 Å². The lowest BCUT2D eigenvalue weighted by atomic mass is 10.1. The molecule has 2 N–H and O–H groups in total. The molecule has 0 radical (unpaired) electrons. The Balaban J connectivity index is 2.82. The third-order valence-corrected chi connectivity index (χ3v) is 1.33. The summed E-state index contributed by atoms with van der Waals surface area (Å²) in [5, 5.41) is 5.18. The first kappa shape index (κ1) is 9.57. The predicted molar refractivity (Wildman–Crippen MR) is 48.7 cm³/mol. The van der Waals surface area contributed by atoms with Crippen LogP contribution in [0.3, 0.4) is 0 Å². The molecular formula is C8H13N3O2. The minimum absolute atomic E-state index is 0.346. The molecule has 5 heteroatoms. The highest BCUT2D eigenvalue weighted by atomic mass is 16.2. The van der Waals surface area contributed by atoms with Crippen LogP contribution in [0.15, 0.2) is 17.1 Å². The summed E-state index contributed by atoms with van der Waals surface area (Å²) in [7, 11) is 0. The van der Waals surface area contributed by atoms with E-state index in [9.17, 15) is 9.59 Å². The van der Waals surface area contributed by atoms with Crippen LogP contribution in [0.5, 0.6) is 0 Å². The van der Waals surface area contributed by atoms with E-state index in [1.54, 1.807) is 0 Å². The first-order valence-corrected chi connectivity index (χ1v) is 3.99. The zero-order valence-electron chi connectivity index (χ0n) is 7.92. The van der Waals surface area contributed by atoms with Gasteiger partial charge in [-0.15, -0.1) is 0 Å². The fourth-order valence-electron chi connectivity index (χ4n) is 0.857. The first-order chi connectivity index (χ1) is 5.90. The second-order valence-electron chi connectivity index (χ2n) is 3.82. The maximum Gasteiger partial charge on any atom is 0.344 e. The lowest BCUT2D eigenvalue weighted by Gasteiger charge is -2.19. The van der Waals surface area contributed by atoms with Crippen LogP contribution in [-0.4, -0.2) is 21.4 Å². The number of rotatable bonds is 0. The molecule has 0 spiro atoms. The van der Waals surface area contributed by atoms with Crippen LogP contribution in [0.1, 0.15) is 20.8 Å². The van der Waals surface area contributed by atoms with Crippen molar-refractivity contribution in [3.05, 3.63) is 22.6 Å². The molecule has 72 valence electrons. The topological polar surface area (TPSA) is 66.9 Å². The standard InChI is InChI=1S/C8H13N3O2/c1-8(2,3)10-7(13)11-6(12)4-5-9-11/h4-5,9H,1-3H3,(H,10,13). The van der Waals surface area contributed by atoms with Gasteiger partial charge in [-0.3, -0.25) is 9.89 Å². The van der Waals surface area contributed by atoms with Gasteiger partial charge < -0.3 is 5.32 Å². The van der Waals surface area contributed by atoms with Crippen LogP contribution < -0.4 is 10.9 Å². The maximum absolute atomic E-state index is 11.4. The Bertz CT molecular complexity index is 356. The van der Waals surface area contributed by atoms with Crippen molar-refractivity contribution in [1.29, 1.82) is 0 Å². The van der Waals surface area contributed by atoms with E-state index in [1.807, 2.05) is 20.8 Å². The molecule has 0 saturated carbocycles. The quantitative estimate of drug-likeness (QED) is 0.616. The van der Waals surface area contributed by atoms with E-state index in [1.165, 1.54) is 12.3 Å². The molecule has 5 nitrogen and oxygen atoms in total. The largest absolute Gasteiger partial charge is 0.344 e. The second kappa shape index (κ2) is 3.08. The van der Waals surface area contributed by atoms with E-state index < -0.39 is 6.03 Å².